The molecule has 0 radical (unpaired) electrons. The highest BCUT2D eigenvalue weighted by atomic mass is 16.6. The van der Waals surface area contributed by atoms with E-state index in [9.17, 15) is 49.8 Å². The number of cyclic esters (lactones) is 2. The van der Waals surface area contributed by atoms with Crippen LogP contribution in [-0.4, -0.2) is 115 Å². The van der Waals surface area contributed by atoms with E-state index < -0.39 is 173 Å². The first-order chi connectivity index (χ1) is 38.2. The molecule has 18 atom stereocenters. The summed E-state index contributed by atoms with van der Waals surface area (Å²) in [5.41, 5.74) is -19.5. The maximum atomic E-state index is 16.1. The number of aliphatic hydroxyl groups excluding tert-OH is 2. The molecule has 4 bridgehead atoms. The molecule has 0 spiro atoms. The SMILES string of the molecule is COC(=O)C[C@H]1[C@]2(C)C[C@@]3(O)[C@]1(C)[C@H]1CC[C@]4(C)C(=C(C5=C6C7=C(O)[C@]8(O)[C@H](OC(=O)C(C)C)[C@@]9(C)C[C@@]8(O)[C@](C)([C@H]7CC[C@@]6(C)[C@H](c6ccoc6)OC5=O)[C@H]9CC(=O)OC)C(=O)O[C@H]4c4ccoc4)C1=C(O)[C@]3(O)[C@@H]2OC(=O)C(C)C. The summed E-state index contributed by atoms with van der Waals surface area (Å²) in [5.74, 6) is -12.2. The second-order valence-corrected chi connectivity index (χ2v) is 27.5. The highest BCUT2D eigenvalue weighted by Gasteiger charge is 2.91. The third kappa shape index (κ3) is 6.16. The first kappa shape index (κ1) is 56.3. The average molecular weight is 1140 g/mol. The zero-order chi connectivity index (χ0) is 59.6. The van der Waals surface area contributed by atoms with Crippen molar-refractivity contribution in [1.29, 1.82) is 0 Å². The van der Waals surface area contributed by atoms with E-state index in [-0.39, 0.29) is 73.7 Å². The van der Waals surface area contributed by atoms with Crippen LogP contribution in [0, 0.1) is 68.0 Å². The van der Waals surface area contributed by atoms with Gasteiger partial charge in [-0.1, -0.05) is 69.2 Å². The van der Waals surface area contributed by atoms with Crippen molar-refractivity contribution in [3.05, 3.63) is 93.3 Å². The van der Waals surface area contributed by atoms with Gasteiger partial charge in [0.25, 0.3) is 0 Å². The van der Waals surface area contributed by atoms with E-state index in [0.29, 0.717) is 11.1 Å². The molecule has 6 N–H and O–H groups in total. The average Bonchev–Trinajstić information content (AvgIpc) is 1.43. The van der Waals surface area contributed by atoms with Crippen LogP contribution in [0.1, 0.15) is 144 Å². The number of carbonyl (C=O) groups excluding carboxylic acids is 6. The number of ether oxygens (including phenoxy) is 6. The molecule has 10 aliphatic rings. The number of aliphatic hydroxyl groups is 6. The van der Waals surface area contributed by atoms with E-state index >= 15 is 9.59 Å². The van der Waals surface area contributed by atoms with Gasteiger partial charge in [0.05, 0.1) is 62.3 Å². The van der Waals surface area contributed by atoms with Crippen LogP contribution in [0.4, 0.5) is 0 Å². The summed E-state index contributed by atoms with van der Waals surface area (Å²) in [7, 11) is 2.44. The molecule has 0 saturated heterocycles. The van der Waals surface area contributed by atoms with Gasteiger partial charge in [-0.15, -0.1) is 0 Å². The van der Waals surface area contributed by atoms with Crippen LogP contribution >= 0.6 is 0 Å². The van der Waals surface area contributed by atoms with Crippen LogP contribution in [0.25, 0.3) is 0 Å². The van der Waals surface area contributed by atoms with Crippen molar-refractivity contribution in [2.75, 3.05) is 14.2 Å². The van der Waals surface area contributed by atoms with Crippen LogP contribution in [0.5, 0.6) is 0 Å². The number of furan rings is 2. The smallest absolute Gasteiger partial charge is 0.339 e. The van der Waals surface area contributed by atoms with Crippen molar-refractivity contribution in [3.63, 3.8) is 0 Å². The molecule has 4 heterocycles. The molecule has 6 saturated carbocycles. The van der Waals surface area contributed by atoms with E-state index in [4.69, 9.17) is 37.3 Å². The van der Waals surface area contributed by atoms with Gasteiger partial charge in [-0.05, 0) is 85.5 Å². The topological polar surface area (TPSA) is 305 Å². The quantitative estimate of drug-likeness (QED) is 0.0963. The van der Waals surface area contributed by atoms with Crippen molar-refractivity contribution in [3.8, 4) is 0 Å². The summed E-state index contributed by atoms with van der Waals surface area (Å²) in [6, 6.07) is 3.21. The zero-order valence-corrected chi connectivity index (χ0v) is 48.3. The lowest BCUT2D eigenvalue weighted by Crippen LogP contribution is -2.75. The third-order valence-electron chi connectivity index (χ3n) is 23.3. The lowest BCUT2D eigenvalue weighted by atomic mass is 9.41. The lowest BCUT2D eigenvalue weighted by molar-refractivity contribution is -0.279. The molecule has 442 valence electrons. The standard InChI is InChI=1S/C62H74O20/c1-27(2)47(67)81-51-55(7)25-59(71)57(9,33(55)21-35(63)75-11)31-13-17-53(5)41(37(31)43(65)61(51,59)73)39(49(69)79-45(53)29-15-19-77-23-29)40-42-38-32(14-18-54(42,6)46(80-50(40)70)30-16-20-78-24-30)58(10)34(22-36(64)76-12)56(8)26-60(58,72)62(74,44(38)66)52(56)82-48(68)28(3)4/h15-16,19-20,23-24,27-28,31-34,45-46,51-52,65-66,71-74H,13-14,17-18,21-22,25-26H2,1-12H3/t31-,32-,33-,34-,45-,46-,51+,52+,53+,54+,55-,56-,57+,58+,59+,60+,61-,62-/m0/s1. The van der Waals surface area contributed by atoms with E-state index in [1.54, 1.807) is 81.4 Å². The number of allylic oxidation sites excluding steroid dienone is 2. The first-order valence-corrected chi connectivity index (χ1v) is 28.5. The molecule has 2 aromatic rings. The summed E-state index contributed by atoms with van der Waals surface area (Å²) < 4.78 is 47.4. The monoisotopic (exact) mass is 1140 g/mol. The second kappa shape index (κ2) is 17.2. The minimum Gasteiger partial charge on any atom is -0.509 e. The fraction of sp³-hybridized carbons (Fsp3) is 0.645. The van der Waals surface area contributed by atoms with Crippen molar-refractivity contribution in [2.45, 2.75) is 167 Å². The highest BCUT2D eigenvalue weighted by Crippen LogP contribution is 2.83. The Morgan fingerprint density at radius 2 is 0.951 bits per heavy atom. The number of rotatable bonds is 11. The number of methoxy groups -OCH3 is 2. The van der Waals surface area contributed by atoms with E-state index in [2.05, 4.69) is 0 Å². The maximum Gasteiger partial charge on any atom is 0.339 e. The molecule has 20 heteroatoms. The third-order valence-corrected chi connectivity index (χ3v) is 23.3. The van der Waals surface area contributed by atoms with Crippen LogP contribution in [-0.2, 0) is 57.2 Å². The Balaban J connectivity index is 1.22. The number of hydrogen-bond donors (Lipinski definition) is 6. The number of carbonyl (C=O) groups is 6. The summed E-state index contributed by atoms with van der Waals surface area (Å²) in [5, 5.41) is 81.9. The van der Waals surface area contributed by atoms with Gasteiger partial charge in [0.15, 0.2) is 11.2 Å². The molecule has 8 aliphatic carbocycles. The Kier molecular flexibility index (Phi) is 11.8. The fourth-order valence-electron chi connectivity index (χ4n) is 19.6. The maximum absolute atomic E-state index is 16.1. The van der Waals surface area contributed by atoms with Gasteiger partial charge in [-0.3, -0.25) is 19.2 Å². The van der Waals surface area contributed by atoms with Crippen molar-refractivity contribution in [1.82, 2.24) is 0 Å². The molecule has 20 nitrogen and oxygen atoms in total. The largest absolute Gasteiger partial charge is 0.509 e. The van der Waals surface area contributed by atoms with Gasteiger partial charge in [0.2, 0.25) is 0 Å². The molecular weight excluding hydrogens is 1060 g/mol. The Hall–Kier alpha value is -6.22. The van der Waals surface area contributed by atoms with E-state index in [1.165, 1.54) is 39.3 Å². The van der Waals surface area contributed by atoms with Crippen LogP contribution < -0.4 is 0 Å². The first-order valence-electron chi connectivity index (χ1n) is 28.5. The van der Waals surface area contributed by atoms with Crippen molar-refractivity contribution >= 4 is 35.8 Å². The minimum atomic E-state index is -2.83. The van der Waals surface area contributed by atoms with Gasteiger partial charge in [-0.25, -0.2) is 9.59 Å². The van der Waals surface area contributed by atoms with E-state index in [0.717, 1.165) is 0 Å². The Labute approximate surface area is 473 Å². The van der Waals surface area contributed by atoms with Crippen LogP contribution in [0.2, 0.25) is 0 Å². The normalized spacial score (nSPS) is 44.7. The minimum absolute atomic E-state index is 0.0148. The van der Waals surface area contributed by atoms with Crippen molar-refractivity contribution in [2.24, 2.45) is 68.0 Å². The second-order valence-electron chi connectivity index (χ2n) is 27.5. The van der Waals surface area contributed by atoms with Gasteiger partial charge >= 0.3 is 35.8 Å². The zero-order valence-electron chi connectivity index (χ0n) is 48.3. The van der Waals surface area contributed by atoms with Crippen molar-refractivity contribution < 1.29 is 96.7 Å². The molecule has 6 fully saturated rings. The Morgan fingerprint density at radius 3 is 1.26 bits per heavy atom. The number of fused-ring (bicyclic) bond motifs is 10. The molecular formula is C62H74O20. The highest BCUT2D eigenvalue weighted by molar-refractivity contribution is 6.11. The van der Waals surface area contributed by atoms with Gasteiger partial charge in [0.1, 0.15) is 47.1 Å². The molecule has 0 unspecified atom stereocenters. The van der Waals surface area contributed by atoms with Gasteiger partial charge in [0, 0.05) is 67.6 Å². The predicted octanol–water partition coefficient (Wildman–Crippen LogP) is 7.12. The molecule has 0 aromatic carbocycles. The molecule has 2 aromatic heterocycles. The summed E-state index contributed by atoms with van der Waals surface area (Å²) in [6.45, 7) is 16.7. The predicted molar refractivity (Wildman–Crippen MR) is 281 cm³/mol. The molecule has 2 aliphatic heterocycles. The fourth-order valence-corrected chi connectivity index (χ4v) is 19.6. The van der Waals surface area contributed by atoms with Gasteiger partial charge in [-0.2, -0.15) is 0 Å². The lowest BCUT2D eigenvalue weighted by Gasteiger charge is -2.66. The summed E-state index contributed by atoms with van der Waals surface area (Å²) in [4.78, 5) is 87.5. The van der Waals surface area contributed by atoms with Gasteiger partial charge < -0.3 is 67.9 Å². The molecule has 0 amide bonds. The van der Waals surface area contributed by atoms with E-state index in [1.807, 2.05) is 0 Å². The Bertz CT molecular complexity index is 3090. The molecule has 82 heavy (non-hydrogen) atoms. The van der Waals surface area contributed by atoms with Crippen LogP contribution in [0.3, 0.4) is 0 Å². The Morgan fingerprint density at radius 1 is 0.598 bits per heavy atom. The molecule has 12 rings (SSSR count). The number of hydrogen-bond acceptors (Lipinski definition) is 20. The summed E-state index contributed by atoms with van der Waals surface area (Å²) in [6.07, 6.45) is -0.934. The van der Waals surface area contributed by atoms with Crippen LogP contribution in [0.15, 0.2) is 91.0 Å². The summed E-state index contributed by atoms with van der Waals surface area (Å²) >= 11 is 0. The number of esters is 6.